The molecule has 0 aromatic heterocycles. The summed E-state index contributed by atoms with van der Waals surface area (Å²) in [7, 11) is 0. The Morgan fingerprint density at radius 3 is 1.62 bits per heavy atom. The molecule has 1 heterocycles. The number of rotatable bonds is 3. The lowest BCUT2D eigenvalue weighted by Gasteiger charge is -2.54. The third-order valence-corrected chi connectivity index (χ3v) is 8.92. The van der Waals surface area contributed by atoms with E-state index >= 15 is 0 Å². The van der Waals surface area contributed by atoms with Crippen LogP contribution in [-0.4, -0.2) is 29.2 Å². The van der Waals surface area contributed by atoms with Gasteiger partial charge < -0.3 is 5.32 Å². The van der Waals surface area contributed by atoms with Gasteiger partial charge in [0, 0.05) is 10.2 Å². The molecule has 1 fully saturated rings. The molecule has 3 amide bonds. The lowest BCUT2D eigenvalue weighted by Crippen LogP contribution is -2.57. The quantitative estimate of drug-likeness (QED) is 0.366. The Morgan fingerprint density at radius 1 is 0.794 bits per heavy atom. The van der Waals surface area contributed by atoms with Gasteiger partial charge in [0.1, 0.15) is 16.3 Å². The third kappa shape index (κ3) is 2.70. The number of amides is 3. The van der Waals surface area contributed by atoms with Crippen molar-refractivity contribution in [3.8, 4) is 0 Å². The van der Waals surface area contributed by atoms with Crippen LogP contribution in [0, 0.1) is 11.8 Å². The molecule has 5 nitrogen and oxygen atoms in total. The zero-order valence-corrected chi connectivity index (χ0v) is 20.7. The fourth-order valence-corrected chi connectivity index (χ4v) is 7.12. The van der Waals surface area contributed by atoms with Crippen LogP contribution in [0.3, 0.4) is 0 Å². The summed E-state index contributed by atoms with van der Waals surface area (Å²) in [5.74, 6) is -3.26. The van der Waals surface area contributed by atoms with E-state index in [0.29, 0.717) is 5.69 Å². The first-order valence-corrected chi connectivity index (χ1v) is 12.3. The predicted octanol–water partition coefficient (Wildman–Crippen LogP) is 4.98. The van der Waals surface area contributed by atoms with Gasteiger partial charge in [-0.25, -0.2) is 0 Å². The molecule has 7 rings (SSSR count). The third-order valence-electron chi connectivity index (χ3n) is 7.11. The number of nitrogens with one attached hydrogen (secondary N) is 1. The summed E-state index contributed by atoms with van der Waals surface area (Å²) in [5, 5.41) is 2.74. The van der Waals surface area contributed by atoms with Crippen molar-refractivity contribution in [2.45, 2.75) is 9.75 Å². The molecule has 3 aliphatic carbocycles. The monoisotopic (exact) mass is 554 g/mol. The molecule has 170 valence electrons. The average Bonchev–Trinajstić information content (AvgIpc) is 3.10. The van der Waals surface area contributed by atoms with Crippen molar-refractivity contribution >= 4 is 62.5 Å². The van der Waals surface area contributed by atoms with Crippen LogP contribution in [0.4, 0.5) is 5.69 Å². The fourth-order valence-electron chi connectivity index (χ4n) is 5.76. The van der Waals surface area contributed by atoms with Crippen LogP contribution in [-0.2, 0) is 24.1 Å². The highest BCUT2D eigenvalue weighted by atomic mass is 79.9. The first-order valence-electron chi connectivity index (χ1n) is 10.8. The Morgan fingerprint density at radius 2 is 1.21 bits per heavy atom. The molecule has 34 heavy (non-hydrogen) atoms. The van der Waals surface area contributed by atoms with E-state index < -0.39 is 45.9 Å². The van der Waals surface area contributed by atoms with E-state index in [4.69, 9.17) is 23.2 Å². The molecule has 3 aromatic rings. The van der Waals surface area contributed by atoms with Gasteiger partial charge in [0.25, 0.3) is 0 Å². The van der Waals surface area contributed by atoms with Gasteiger partial charge in [-0.05, 0) is 46.5 Å². The van der Waals surface area contributed by atoms with Crippen molar-refractivity contribution < 1.29 is 14.4 Å². The van der Waals surface area contributed by atoms with Crippen molar-refractivity contribution in [1.82, 2.24) is 4.90 Å². The maximum absolute atomic E-state index is 13.7. The number of benzene rings is 3. The molecule has 0 unspecified atom stereocenters. The highest BCUT2D eigenvalue weighted by molar-refractivity contribution is 9.10. The number of hydrogen-bond donors (Lipinski definition) is 1. The highest BCUT2D eigenvalue weighted by Crippen LogP contribution is 2.69. The van der Waals surface area contributed by atoms with E-state index in [1.54, 1.807) is 24.3 Å². The number of anilines is 1. The number of hydrogen-bond acceptors (Lipinski definition) is 3. The molecule has 2 bridgehead atoms. The topological polar surface area (TPSA) is 66.5 Å². The number of imide groups is 1. The number of carbonyl (C=O) groups is 3. The second-order valence-electron chi connectivity index (χ2n) is 8.79. The molecule has 3 aromatic carbocycles. The number of nitrogens with zero attached hydrogens (tertiary/aromatic N) is 1. The summed E-state index contributed by atoms with van der Waals surface area (Å²) < 4.78 is 0.869. The summed E-state index contributed by atoms with van der Waals surface area (Å²) in [5.41, 5.74) is 3.48. The Balaban J connectivity index is 1.42. The van der Waals surface area contributed by atoms with E-state index in [1.807, 2.05) is 48.5 Å². The van der Waals surface area contributed by atoms with Gasteiger partial charge in [-0.3, -0.25) is 19.3 Å². The maximum atomic E-state index is 13.7. The van der Waals surface area contributed by atoms with Crippen molar-refractivity contribution in [3.63, 3.8) is 0 Å². The van der Waals surface area contributed by atoms with Gasteiger partial charge in [0.2, 0.25) is 17.7 Å². The van der Waals surface area contributed by atoms with Crippen molar-refractivity contribution in [2.24, 2.45) is 11.8 Å². The van der Waals surface area contributed by atoms with Crippen LogP contribution in [0.2, 0.25) is 0 Å². The van der Waals surface area contributed by atoms with Crippen LogP contribution < -0.4 is 5.32 Å². The molecule has 2 atom stereocenters. The first kappa shape index (κ1) is 21.8. The van der Waals surface area contributed by atoms with Gasteiger partial charge in [0.15, 0.2) is 0 Å². The number of carbonyl (C=O) groups excluding carboxylic acids is 3. The number of halogens is 3. The minimum absolute atomic E-state index is 0.409. The highest BCUT2D eigenvalue weighted by Gasteiger charge is 2.73. The van der Waals surface area contributed by atoms with Gasteiger partial charge in [-0.1, -0.05) is 64.5 Å². The minimum atomic E-state index is -1.25. The Kier molecular flexibility index (Phi) is 4.76. The zero-order chi connectivity index (χ0) is 23.8. The van der Waals surface area contributed by atoms with E-state index in [1.165, 1.54) is 0 Å². The molecule has 4 aliphatic rings. The average molecular weight is 556 g/mol. The van der Waals surface area contributed by atoms with Gasteiger partial charge in [-0.15, -0.1) is 23.2 Å². The van der Waals surface area contributed by atoms with Crippen molar-refractivity contribution in [1.29, 1.82) is 0 Å². The zero-order valence-electron chi connectivity index (χ0n) is 17.6. The Labute approximate surface area is 214 Å². The molecule has 0 spiro atoms. The molecule has 1 saturated heterocycles. The fraction of sp³-hybridized carbons (Fsp3) is 0.192. The number of alkyl halides is 2. The number of likely N-dealkylation sites (tertiary alicyclic amines) is 1. The molecule has 8 heteroatoms. The van der Waals surface area contributed by atoms with Gasteiger partial charge >= 0.3 is 0 Å². The smallest absolute Gasteiger partial charge is 0.244 e. The van der Waals surface area contributed by atoms with E-state index in [-0.39, 0.29) is 0 Å². The van der Waals surface area contributed by atoms with E-state index in [0.717, 1.165) is 31.6 Å². The summed E-state index contributed by atoms with van der Waals surface area (Å²) in [6, 6.07) is 21.9. The second-order valence-corrected chi connectivity index (χ2v) is 10.9. The SMILES string of the molecule is O=C(CN1C(=O)[C@H]2[C@H](C1=O)C1(Cl)c3ccccc3C2(Cl)c2ccccc21)Nc1ccc(Br)cc1. The maximum Gasteiger partial charge on any atom is 0.244 e. The van der Waals surface area contributed by atoms with Gasteiger partial charge in [-0.2, -0.15) is 0 Å². The largest absolute Gasteiger partial charge is 0.325 e. The van der Waals surface area contributed by atoms with E-state index in [9.17, 15) is 14.4 Å². The molecular weight excluding hydrogens is 539 g/mol. The standard InChI is InChI=1S/C26H17BrCl2N2O3/c27-14-9-11-15(12-10-14)30-20(32)13-31-23(33)21-22(24(31)34)26(29)17-6-2-1-5-16(17)25(21,28)18-7-3-4-8-19(18)26/h1-12,21-22H,13H2,(H,30,32)/t21-,22-,25?,26?/m1/s1. The summed E-state index contributed by atoms with van der Waals surface area (Å²) >= 11 is 18.1. The molecule has 0 radical (unpaired) electrons. The lowest BCUT2D eigenvalue weighted by molar-refractivity contribution is -0.142. The molecular formula is C26H17BrCl2N2O3. The van der Waals surface area contributed by atoms with Crippen molar-refractivity contribution in [2.75, 3.05) is 11.9 Å². The van der Waals surface area contributed by atoms with Crippen molar-refractivity contribution in [3.05, 3.63) is 99.5 Å². The molecule has 1 aliphatic heterocycles. The molecule has 0 saturated carbocycles. The first-order chi connectivity index (χ1) is 16.3. The van der Waals surface area contributed by atoms with Crippen LogP contribution >= 0.6 is 39.1 Å². The summed E-state index contributed by atoms with van der Waals surface area (Å²) in [6.07, 6.45) is 0. The van der Waals surface area contributed by atoms with Crippen LogP contribution in [0.1, 0.15) is 22.3 Å². The van der Waals surface area contributed by atoms with Crippen LogP contribution in [0.25, 0.3) is 0 Å². The predicted molar refractivity (Wildman–Crippen MR) is 133 cm³/mol. The molecule has 1 N–H and O–H groups in total. The summed E-state index contributed by atoms with van der Waals surface area (Å²) in [6.45, 7) is -0.409. The lowest BCUT2D eigenvalue weighted by atomic mass is 9.54. The minimum Gasteiger partial charge on any atom is -0.325 e. The van der Waals surface area contributed by atoms with Crippen LogP contribution in [0.5, 0.6) is 0 Å². The Hall–Kier alpha value is -2.67. The normalized spacial score (nSPS) is 28.4. The second kappa shape index (κ2) is 7.41. The van der Waals surface area contributed by atoms with E-state index in [2.05, 4.69) is 21.2 Å². The summed E-state index contributed by atoms with van der Waals surface area (Å²) in [4.78, 5) is 38.7. The van der Waals surface area contributed by atoms with Gasteiger partial charge in [0.05, 0.1) is 11.8 Å². The Bertz CT molecular complexity index is 1270. The van der Waals surface area contributed by atoms with Crippen LogP contribution in [0.15, 0.2) is 77.3 Å².